The Morgan fingerprint density at radius 2 is 1.95 bits per heavy atom. The first-order valence-electron chi connectivity index (χ1n) is 6.33. The molecule has 3 nitrogen and oxygen atoms in total. The number of nitrogens with two attached hydrogens (primary N) is 1. The Morgan fingerprint density at radius 3 is 2.58 bits per heavy atom. The molecular weight excluding hydrogens is 256 g/mol. The molecule has 1 amide bonds. The first-order chi connectivity index (χ1) is 9.29. The number of hydrogen-bond donors (Lipinski definition) is 1. The number of hydrogen-bond acceptors (Lipinski definition) is 3. The number of amides is 1. The molecule has 2 N–H and O–H groups in total. The van der Waals surface area contributed by atoms with Gasteiger partial charge in [0.1, 0.15) is 0 Å². The summed E-state index contributed by atoms with van der Waals surface area (Å²) in [6.45, 7) is 1.71. The van der Waals surface area contributed by atoms with Gasteiger partial charge in [-0.2, -0.15) is 0 Å². The zero-order valence-corrected chi connectivity index (χ0v) is 11.6. The van der Waals surface area contributed by atoms with Gasteiger partial charge in [0, 0.05) is 24.5 Å². The van der Waals surface area contributed by atoms with Gasteiger partial charge in [-0.25, -0.2) is 0 Å². The van der Waals surface area contributed by atoms with E-state index in [-0.39, 0.29) is 5.91 Å². The van der Waals surface area contributed by atoms with E-state index in [2.05, 4.69) is 0 Å². The molecule has 0 atom stereocenters. The summed E-state index contributed by atoms with van der Waals surface area (Å²) in [4.78, 5) is 15.2. The van der Waals surface area contributed by atoms with Crippen molar-refractivity contribution in [1.82, 2.24) is 4.90 Å². The first-order valence-corrected chi connectivity index (χ1v) is 7.21. The Hall–Kier alpha value is -1.65. The van der Waals surface area contributed by atoms with Crippen LogP contribution in [0, 0.1) is 0 Å². The van der Waals surface area contributed by atoms with E-state index in [4.69, 9.17) is 5.73 Å². The molecule has 0 aliphatic carbocycles. The Bertz CT molecular complexity index is 496. The van der Waals surface area contributed by atoms with E-state index in [9.17, 15) is 4.79 Å². The zero-order valence-electron chi connectivity index (χ0n) is 10.8. The minimum atomic E-state index is 0.136. The van der Waals surface area contributed by atoms with Crippen LogP contribution >= 0.6 is 11.3 Å². The summed E-state index contributed by atoms with van der Waals surface area (Å²) in [6, 6.07) is 14.0. The van der Waals surface area contributed by atoms with Gasteiger partial charge in [-0.3, -0.25) is 4.79 Å². The van der Waals surface area contributed by atoms with Crippen molar-refractivity contribution in [3.63, 3.8) is 0 Å². The molecule has 0 saturated heterocycles. The molecule has 4 heteroatoms. The van der Waals surface area contributed by atoms with Gasteiger partial charge in [0.25, 0.3) is 0 Å². The van der Waals surface area contributed by atoms with Crippen molar-refractivity contribution in [3.8, 4) is 0 Å². The van der Waals surface area contributed by atoms with Crippen molar-refractivity contribution >= 4 is 17.2 Å². The molecule has 1 aromatic heterocycles. The van der Waals surface area contributed by atoms with Gasteiger partial charge in [-0.15, -0.1) is 11.3 Å². The summed E-state index contributed by atoms with van der Waals surface area (Å²) in [7, 11) is 0. The number of thiophene rings is 1. The van der Waals surface area contributed by atoms with Crippen molar-refractivity contribution in [2.75, 3.05) is 13.1 Å². The molecule has 2 rings (SSSR count). The molecule has 0 spiro atoms. The number of rotatable bonds is 6. The van der Waals surface area contributed by atoms with Crippen LogP contribution in [0.4, 0.5) is 0 Å². The first kappa shape index (κ1) is 13.8. The van der Waals surface area contributed by atoms with Crippen LogP contribution in [-0.2, 0) is 17.8 Å². The third-order valence-corrected chi connectivity index (χ3v) is 3.75. The highest BCUT2D eigenvalue weighted by Gasteiger charge is 2.14. The maximum absolute atomic E-state index is 12.3. The molecule has 1 heterocycles. The number of nitrogens with zero attached hydrogens (tertiary/aromatic N) is 1. The Morgan fingerprint density at radius 1 is 1.16 bits per heavy atom. The van der Waals surface area contributed by atoms with Crippen LogP contribution in [0.25, 0.3) is 0 Å². The normalized spacial score (nSPS) is 10.4. The van der Waals surface area contributed by atoms with Gasteiger partial charge in [-0.1, -0.05) is 36.4 Å². The van der Waals surface area contributed by atoms with Gasteiger partial charge < -0.3 is 10.6 Å². The molecule has 0 bridgehead atoms. The molecule has 100 valence electrons. The largest absolute Gasteiger partial charge is 0.337 e. The molecular formula is C15H18N2OS. The molecule has 1 aromatic carbocycles. The van der Waals surface area contributed by atoms with Crippen molar-refractivity contribution in [2.24, 2.45) is 5.73 Å². The van der Waals surface area contributed by atoms with Gasteiger partial charge >= 0.3 is 0 Å². The lowest BCUT2D eigenvalue weighted by Crippen LogP contribution is -2.35. The van der Waals surface area contributed by atoms with Crippen LogP contribution in [-0.4, -0.2) is 23.9 Å². The van der Waals surface area contributed by atoms with Crippen molar-refractivity contribution in [2.45, 2.75) is 13.0 Å². The summed E-state index contributed by atoms with van der Waals surface area (Å²) in [6.07, 6.45) is 0.463. The van der Waals surface area contributed by atoms with E-state index in [1.54, 1.807) is 11.3 Å². The van der Waals surface area contributed by atoms with E-state index in [1.165, 1.54) is 0 Å². The van der Waals surface area contributed by atoms with Gasteiger partial charge in [0.2, 0.25) is 5.91 Å². The van der Waals surface area contributed by atoms with Crippen LogP contribution in [0.3, 0.4) is 0 Å². The number of carbonyl (C=O) groups is 1. The summed E-state index contributed by atoms with van der Waals surface area (Å²) in [5.74, 6) is 0.136. The van der Waals surface area contributed by atoms with Crippen molar-refractivity contribution < 1.29 is 4.79 Å². The highest BCUT2D eigenvalue weighted by Crippen LogP contribution is 2.12. The summed E-state index contributed by atoms with van der Waals surface area (Å²) in [5, 5.41) is 1.99. The van der Waals surface area contributed by atoms with E-state index >= 15 is 0 Å². The third kappa shape index (κ3) is 4.19. The minimum Gasteiger partial charge on any atom is -0.337 e. The summed E-state index contributed by atoms with van der Waals surface area (Å²) < 4.78 is 0. The summed E-state index contributed by atoms with van der Waals surface area (Å²) >= 11 is 1.61. The second kappa shape index (κ2) is 7.07. The zero-order chi connectivity index (χ0) is 13.5. The second-order valence-electron chi connectivity index (χ2n) is 4.35. The Balaban J connectivity index is 2.00. The van der Waals surface area contributed by atoms with E-state index in [1.807, 2.05) is 52.7 Å². The van der Waals surface area contributed by atoms with E-state index in [0.29, 0.717) is 26.1 Å². The fourth-order valence-electron chi connectivity index (χ4n) is 1.93. The number of carbonyl (C=O) groups excluding carboxylic acids is 1. The fourth-order valence-corrected chi connectivity index (χ4v) is 2.62. The monoisotopic (exact) mass is 274 g/mol. The van der Waals surface area contributed by atoms with Crippen LogP contribution in [0.1, 0.15) is 10.4 Å². The van der Waals surface area contributed by atoms with E-state index in [0.717, 1.165) is 10.4 Å². The Labute approximate surface area is 117 Å². The minimum absolute atomic E-state index is 0.136. The molecule has 0 saturated carbocycles. The van der Waals surface area contributed by atoms with Crippen molar-refractivity contribution in [3.05, 3.63) is 58.3 Å². The molecule has 0 radical (unpaired) electrons. The van der Waals surface area contributed by atoms with E-state index < -0.39 is 0 Å². The van der Waals surface area contributed by atoms with Crippen LogP contribution in [0.2, 0.25) is 0 Å². The highest BCUT2D eigenvalue weighted by atomic mass is 32.1. The van der Waals surface area contributed by atoms with Gasteiger partial charge in [-0.05, 0) is 17.0 Å². The Kier molecular flexibility index (Phi) is 5.12. The van der Waals surface area contributed by atoms with Crippen LogP contribution in [0.15, 0.2) is 47.8 Å². The third-order valence-electron chi connectivity index (χ3n) is 2.87. The molecule has 0 fully saturated rings. The quantitative estimate of drug-likeness (QED) is 0.878. The fraction of sp³-hybridized carbons (Fsp3) is 0.267. The van der Waals surface area contributed by atoms with Gasteiger partial charge in [0.05, 0.1) is 6.42 Å². The standard InChI is InChI=1S/C15H18N2OS/c16-8-9-17(12-13-5-2-1-3-6-13)15(18)11-14-7-4-10-19-14/h1-7,10H,8-9,11-12,16H2. The lowest BCUT2D eigenvalue weighted by Gasteiger charge is -2.22. The highest BCUT2D eigenvalue weighted by molar-refractivity contribution is 7.10. The van der Waals surface area contributed by atoms with Gasteiger partial charge in [0.15, 0.2) is 0 Å². The predicted octanol–water partition coefficient (Wildman–Crippen LogP) is 2.28. The molecule has 0 aliphatic heterocycles. The van der Waals surface area contributed by atoms with Crippen LogP contribution in [0.5, 0.6) is 0 Å². The maximum atomic E-state index is 12.3. The number of benzene rings is 1. The van der Waals surface area contributed by atoms with Crippen LogP contribution < -0.4 is 5.73 Å². The lowest BCUT2D eigenvalue weighted by molar-refractivity contribution is -0.130. The second-order valence-corrected chi connectivity index (χ2v) is 5.38. The molecule has 19 heavy (non-hydrogen) atoms. The average molecular weight is 274 g/mol. The lowest BCUT2D eigenvalue weighted by atomic mass is 10.2. The van der Waals surface area contributed by atoms with Crippen molar-refractivity contribution in [1.29, 1.82) is 0 Å². The molecule has 0 unspecified atom stereocenters. The summed E-state index contributed by atoms with van der Waals surface area (Å²) in [5.41, 5.74) is 6.74. The maximum Gasteiger partial charge on any atom is 0.228 e. The molecule has 0 aliphatic rings. The average Bonchev–Trinajstić information content (AvgIpc) is 2.92. The predicted molar refractivity (Wildman–Crippen MR) is 78.9 cm³/mol. The smallest absolute Gasteiger partial charge is 0.228 e. The SMILES string of the molecule is NCCN(Cc1ccccc1)C(=O)Cc1cccs1. The molecule has 2 aromatic rings. The topological polar surface area (TPSA) is 46.3 Å².